The van der Waals surface area contributed by atoms with Gasteiger partial charge < -0.3 is 14.8 Å². The summed E-state index contributed by atoms with van der Waals surface area (Å²) in [7, 11) is -4.17. The Labute approximate surface area is 165 Å². The van der Waals surface area contributed by atoms with E-state index in [1.54, 1.807) is 0 Å². The van der Waals surface area contributed by atoms with Crippen LogP contribution in [0.3, 0.4) is 0 Å². The maximum atomic E-state index is 14.2. The van der Waals surface area contributed by atoms with Gasteiger partial charge in [0, 0.05) is 18.7 Å². The molecule has 2 aromatic rings. The Bertz CT molecular complexity index is 995. The van der Waals surface area contributed by atoms with Crippen LogP contribution >= 0.6 is 0 Å². The van der Waals surface area contributed by atoms with Gasteiger partial charge in [-0.2, -0.15) is 13.1 Å². The molecular formula is C18H17F3N2O5S. The number of anilines is 1. The van der Waals surface area contributed by atoms with Crippen LogP contribution in [0.4, 0.5) is 18.9 Å². The summed E-state index contributed by atoms with van der Waals surface area (Å²) in [5.41, 5.74) is -0.204. The molecule has 156 valence electrons. The van der Waals surface area contributed by atoms with Gasteiger partial charge in [0.15, 0.2) is 0 Å². The second-order valence-electron chi connectivity index (χ2n) is 5.99. The smallest absolute Gasteiger partial charge is 0.387 e. The molecular weight excluding hydrogens is 413 g/mol. The fourth-order valence-corrected chi connectivity index (χ4v) is 4.23. The highest BCUT2D eigenvalue weighted by Gasteiger charge is 2.30. The van der Waals surface area contributed by atoms with Crippen molar-refractivity contribution >= 4 is 21.6 Å². The van der Waals surface area contributed by atoms with Crippen LogP contribution in [0.1, 0.15) is 10.4 Å². The normalized spacial score (nSPS) is 15.3. The third-order valence-electron chi connectivity index (χ3n) is 4.13. The van der Waals surface area contributed by atoms with Crippen molar-refractivity contribution in [1.82, 2.24) is 4.31 Å². The highest BCUT2D eigenvalue weighted by molar-refractivity contribution is 7.89. The van der Waals surface area contributed by atoms with Gasteiger partial charge in [-0.15, -0.1) is 0 Å². The van der Waals surface area contributed by atoms with Gasteiger partial charge in [0.05, 0.1) is 18.9 Å². The van der Waals surface area contributed by atoms with Crippen molar-refractivity contribution in [1.29, 1.82) is 0 Å². The second-order valence-corrected chi connectivity index (χ2v) is 7.90. The zero-order chi connectivity index (χ0) is 21.0. The van der Waals surface area contributed by atoms with Crippen LogP contribution in [0.5, 0.6) is 5.75 Å². The van der Waals surface area contributed by atoms with Crippen LogP contribution in [0.15, 0.2) is 47.4 Å². The summed E-state index contributed by atoms with van der Waals surface area (Å²) < 4.78 is 75.2. The largest absolute Gasteiger partial charge is 0.433 e. The molecule has 29 heavy (non-hydrogen) atoms. The van der Waals surface area contributed by atoms with Crippen molar-refractivity contribution in [2.75, 3.05) is 31.6 Å². The number of nitrogens with one attached hydrogen (secondary N) is 1. The number of nitrogens with zero attached hydrogens (tertiary/aromatic N) is 1. The molecule has 1 aliphatic heterocycles. The maximum Gasteiger partial charge on any atom is 0.387 e. The Hall–Kier alpha value is -2.63. The van der Waals surface area contributed by atoms with Crippen LogP contribution in [0, 0.1) is 5.82 Å². The first-order valence-corrected chi connectivity index (χ1v) is 9.95. The zero-order valence-corrected chi connectivity index (χ0v) is 15.8. The predicted molar refractivity (Wildman–Crippen MR) is 97.0 cm³/mol. The van der Waals surface area contributed by atoms with E-state index in [1.165, 1.54) is 24.3 Å². The number of carbonyl (C=O) groups is 1. The number of para-hydroxylation sites is 2. The van der Waals surface area contributed by atoms with E-state index in [1.807, 2.05) is 0 Å². The minimum atomic E-state index is -4.17. The van der Waals surface area contributed by atoms with E-state index < -0.39 is 33.3 Å². The van der Waals surface area contributed by atoms with Crippen LogP contribution in [0.2, 0.25) is 0 Å². The van der Waals surface area contributed by atoms with Gasteiger partial charge in [-0.25, -0.2) is 12.8 Å². The molecule has 3 rings (SSSR count). The van der Waals surface area contributed by atoms with Crippen LogP contribution in [-0.4, -0.2) is 51.5 Å². The van der Waals surface area contributed by atoms with Gasteiger partial charge in [-0.05, 0) is 30.3 Å². The number of sulfonamides is 1. The average Bonchev–Trinajstić information content (AvgIpc) is 2.70. The Morgan fingerprint density at radius 1 is 1.14 bits per heavy atom. The Morgan fingerprint density at radius 2 is 1.83 bits per heavy atom. The molecule has 1 aliphatic rings. The Morgan fingerprint density at radius 3 is 2.52 bits per heavy atom. The number of alkyl halides is 2. The van der Waals surface area contributed by atoms with Crippen molar-refractivity contribution in [3.63, 3.8) is 0 Å². The fraction of sp³-hybridized carbons (Fsp3) is 0.278. The second kappa shape index (κ2) is 8.80. The summed E-state index contributed by atoms with van der Waals surface area (Å²) in [4.78, 5) is 11.9. The van der Waals surface area contributed by atoms with E-state index in [2.05, 4.69) is 10.1 Å². The van der Waals surface area contributed by atoms with Gasteiger partial charge in [-0.3, -0.25) is 4.79 Å². The lowest BCUT2D eigenvalue weighted by molar-refractivity contribution is -0.0493. The number of morpholine rings is 1. The summed E-state index contributed by atoms with van der Waals surface area (Å²) in [6.45, 7) is -2.60. The van der Waals surface area contributed by atoms with Crippen LogP contribution < -0.4 is 10.1 Å². The topological polar surface area (TPSA) is 84.9 Å². The number of carbonyl (C=O) groups excluding carboxylic acids is 1. The van der Waals surface area contributed by atoms with E-state index >= 15 is 0 Å². The number of hydrogen-bond donors (Lipinski definition) is 1. The quantitative estimate of drug-likeness (QED) is 0.762. The third kappa shape index (κ3) is 4.86. The van der Waals surface area contributed by atoms with E-state index in [4.69, 9.17) is 4.74 Å². The van der Waals surface area contributed by atoms with Crippen LogP contribution in [0.25, 0.3) is 0 Å². The van der Waals surface area contributed by atoms with Crippen molar-refractivity contribution in [2.45, 2.75) is 11.5 Å². The van der Waals surface area contributed by atoms with Gasteiger partial charge >= 0.3 is 6.61 Å². The molecule has 0 saturated carbocycles. The molecule has 1 saturated heterocycles. The average molecular weight is 430 g/mol. The first kappa shape index (κ1) is 21.1. The number of hydrogen-bond acceptors (Lipinski definition) is 5. The molecule has 7 nitrogen and oxygen atoms in total. The molecule has 0 unspecified atom stereocenters. The molecule has 1 N–H and O–H groups in total. The van der Waals surface area contributed by atoms with Crippen molar-refractivity contribution in [2.24, 2.45) is 0 Å². The lowest BCUT2D eigenvalue weighted by Gasteiger charge is -2.26. The van der Waals surface area contributed by atoms with Gasteiger partial charge in [0.1, 0.15) is 16.5 Å². The molecule has 0 spiro atoms. The summed E-state index contributed by atoms with van der Waals surface area (Å²) >= 11 is 0. The molecule has 0 bridgehead atoms. The molecule has 1 heterocycles. The van der Waals surface area contributed by atoms with Gasteiger partial charge in [-0.1, -0.05) is 12.1 Å². The predicted octanol–water partition coefficient (Wildman–Crippen LogP) is 2.70. The molecule has 1 amide bonds. The molecule has 2 aromatic carbocycles. The first-order valence-electron chi connectivity index (χ1n) is 8.51. The minimum Gasteiger partial charge on any atom is -0.433 e. The van der Waals surface area contributed by atoms with Crippen LogP contribution in [-0.2, 0) is 14.8 Å². The minimum absolute atomic E-state index is 0.0419. The van der Waals surface area contributed by atoms with E-state index in [9.17, 15) is 26.4 Å². The maximum absolute atomic E-state index is 14.2. The van der Waals surface area contributed by atoms with Gasteiger partial charge in [0.25, 0.3) is 5.91 Å². The molecule has 0 atom stereocenters. The molecule has 0 aromatic heterocycles. The van der Waals surface area contributed by atoms with Crippen molar-refractivity contribution < 1.29 is 35.9 Å². The lowest BCUT2D eigenvalue weighted by atomic mass is 10.2. The first-order chi connectivity index (χ1) is 13.8. The number of amides is 1. The number of benzene rings is 2. The van der Waals surface area contributed by atoms with E-state index in [0.717, 1.165) is 22.5 Å². The standard InChI is InChI=1S/C18H17F3N2O5S/c19-13-6-5-12(11-16(13)29(25,26)23-7-9-27-10-8-23)17(24)22-14-3-1-2-4-15(14)28-18(20)21/h1-6,11,18H,7-10H2,(H,22,24). The SMILES string of the molecule is O=C(Nc1ccccc1OC(F)F)c1ccc(F)c(S(=O)(=O)N2CCOCC2)c1. The molecule has 11 heteroatoms. The lowest BCUT2D eigenvalue weighted by Crippen LogP contribution is -2.41. The summed E-state index contributed by atoms with van der Waals surface area (Å²) in [5, 5.41) is 2.36. The van der Waals surface area contributed by atoms with E-state index in [0.29, 0.717) is 0 Å². The molecule has 0 aliphatic carbocycles. The highest BCUT2D eigenvalue weighted by atomic mass is 32.2. The van der Waals surface area contributed by atoms with Crippen molar-refractivity contribution in [3.8, 4) is 5.75 Å². The zero-order valence-electron chi connectivity index (χ0n) is 15.0. The number of ether oxygens (including phenoxy) is 2. The Kier molecular flexibility index (Phi) is 6.40. The third-order valence-corrected chi connectivity index (χ3v) is 6.05. The highest BCUT2D eigenvalue weighted by Crippen LogP contribution is 2.27. The molecule has 1 fully saturated rings. The Balaban J connectivity index is 1.87. The van der Waals surface area contributed by atoms with Gasteiger partial charge in [0.2, 0.25) is 10.0 Å². The van der Waals surface area contributed by atoms with E-state index in [-0.39, 0.29) is 43.3 Å². The summed E-state index contributed by atoms with van der Waals surface area (Å²) in [6, 6.07) is 8.38. The van der Waals surface area contributed by atoms with Crippen molar-refractivity contribution in [3.05, 3.63) is 53.8 Å². The summed E-state index contributed by atoms with van der Waals surface area (Å²) in [6.07, 6.45) is 0. The summed E-state index contributed by atoms with van der Waals surface area (Å²) in [5.74, 6) is -2.08. The monoisotopic (exact) mass is 430 g/mol. The fourth-order valence-electron chi connectivity index (χ4n) is 2.73. The number of halogens is 3. The number of rotatable bonds is 6. The molecule has 0 radical (unpaired) electrons.